The van der Waals surface area contributed by atoms with Crippen molar-refractivity contribution in [3.8, 4) is 0 Å². The van der Waals surface area contributed by atoms with Crippen molar-refractivity contribution >= 4 is 11.6 Å². The quantitative estimate of drug-likeness (QED) is 0.812. The summed E-state index contributed by atoms with van der Waals surface area (Å²) in [5, 5.41) is 2.66. The van der Waals surface area contributed by atoms with Crippen molar-refractivity contribution in [2.24, 2.45) is 5.92 Å². The lowest BCUT2D eigenvalue weighted by Crippen LogP contribution is -2.45. The van der Waals surface area contributed by atoms with Crippen LogP contribution in [-0.4, -0.2) is 37.5 Å². The molecule has 1 aromatic carbocycles. The fourth-order valence-corrected chi connectivity index (χ4v) is 1.83. The molecule has 0 saturated heterocycles. The first-order chi connectivity index (χ1) is 9.23. The molecule has 1 amide bonds. The minimum absolute atomic E-state index is 0.133. The molecule has 0 aliphatic heterocycles. The lowest BCUT2D eigenvalue weighted by molar-refractivity contribution is 0.0908. The van der Waals surface area contributed by atoms with Crippen LogP contribution in [0, 0.1) is 17.6 Å². The number of anilines is 1. The van der Waals surface area contributed by atoms with Gasteiger partial charge in [0.2, 0.25) is 0 Å². The van der Waals surface area contributed by atoms with Crippen LogP contribution in [0.25, 0.3) is 0 Å². The minimum atomic E-state index is -1.02. The summed E-state index contributed by atoms with van der Waals surface area (Å²) in [5.41, 5.74) is 4.49. The molecule has 20 heavy (non-hydrogen) atoms. The summed E-state index contributed by atoms with van der Waals surface area (Å²) in [6.45, 7) is 4.44. The predicted molar refractivity (Wildman–Crippen MR) is 75.4 cm³/mol. The van der Waals surface area contributed by atoms with E-state index < -0.39 is 23.1 Å². The van der Waals surface area contributed by atoms with Gasteiger partial charge in [-0.15, -0.1) is 0 Å². The van der Waals surface area contributed by atoms with E-state index in [1.54, 1.807) is 0 Å². The second-order valence-corrected chi connectivity index (χ2v) is 5.41. The van der Waals surface area contributed by atoms with Crippen LogP contribution < -0.4 is 11.1 Å². The van der Waals surface area contributed by atoms with Gasteiger partial charge in [-0.05, 0) is 32.1 Å². The third-order valence-electron chi connectivity index (χ3n) is 3.03. The molecule has 0 spiro atoms. The van der Waals surface area contributed by atoms with Gasteiger partial charge in [-0.25, -0.2) is 8.78 Å². The summed E-state index contributed by atoms with van der Waals surface area (Å²) in [4.78, 5) is 14.0. The molecule has 0 aliphatic carbocycles. The van der Waals surface area contributed by atoms with E-state index in [1.165, 1.54) is 0 Å². The van der Waals surface area contributed by atoms with Crippen molar-refractivity contribution in [2.45, 2.75) is 19.9 Å². The summed E-state index contributed by atoms with van der Waals surface area (Å²) >= 11 is 0. The van der Waals surface area contributed by atoms with Gasteiger partial charge in [0.1, 0.15) is 11.4 Å². The second kappa shape index (κ2) is 6.65. The van der Waals surface area contributed by atoms with E-state index in [1.807, 2.05) is 32.8 Å². The summed E-state index contributed by atoms with van der Waals surface area (Å²) in [6.07, 6.45) is 0. The van der Waals surface area contributed by atoms with Crippen molar-refractivity contribution in [3.63, 3.8) is 0 Å². The van der Waals surface area contributed by atoms with E-state index in [-0.39, 0.29) is 17.6 Å². The number of likely N-dealkylation sites (N-methyl/N-ethyl adjacent to an activating group) is 1. The highest BCUT2D eigenvalue weighted by Gasteiger charge is 2.23. The van der Waals surface area contributed by atoms with E-state index in [0.717, 1.165) is 12.1 Å². The molecule has 1 aromatic rings. The largest absolute Gasteiger partial charge is 0.396 e. The molecule has 4 nitrogen and oxygen atoms in total. The molecule has 0 bridgehead atoms. The number of amides is 1. The Morgan fingerprint density at radius 1 is 1.35 bits per heavy atom. The summed E-state index contributed by atoms with van der Waals surface area (Å²) in [6, 6.07) is 1.88. The van der Waals surface area contributed by atoms with Gasteiger partial charge >= 0.3 is 0 Å². The van der Waals surface area contributed by atoms with Crippen molar-refractivity contribution in [1.82, 2.24) is 10.2 Å². The topological polar surface area (TPSA) is 58.4 Å². The number of hydrogen-bond acceptors (Lipinski definition) is 3. The Hall–Kier alpha value is -1.69. The average Bonchev–Trinajstić information content (AvgIpc) is 2.33. The number of carbonyl (C=O) groups is 1. The number of benzene rings is 1. The fraction of sp³-hybridized carbons (Fsp3) is 0.500. The number of halogens is 2. The Morgan fingerprint density at radius 2 is 1.95 bits per heavy atom. The zero-order valence-corrected chi connectivity index (χ0v) is 12.2. The number of hydrogen-bond donors (Lipinski definition) is 2. The number of rotatable bonds is 5. The van der Waals surface area contributed by atoms with Crippen LogP contribution in [0.3, 0.4) is 0 Å². The van der Waals surface area contributed by atoms with E-state index in [2.05, 4.69) is 5.32 Å². The molecule has 0 aromatic heterocycles. The third kappa shape index (κ3) is 3.90. The molecule has 0 heterocycles. The highest BCUT2D eigenvalue weighted by Crippen LogP contribution is 2.19. The molecule has 3 N–H and O–H groups in total. The summed E-state index contributed by atoms with van der Waals surface area (Å²) in [7, 11) is 3.73. The van der Waals surface area contributed by atoms with Crippen molar-refractivity contribution < 1.29 is 13.6 Å². The number of nitrogens with zero attached hydrogens (tertiary/aromatic N) is 1. The van der Waals surface area contributed by atoms with Gasteiger partial charge < -0.3 is 16.0 Å². The Morgan fingerprint density at radius 3 is 2.45 bits per heavy atom. The monoisotopic (exact) mass is 285 g/mol. The first-order valence-corrected chi connectivity index (χ1v) is 6.43. The Balaban J connectivity index is 2.98. The number of nitrogen functional groups attached to an aromatic ring is 1. The summed E-state index contributed by atoms with van der Waals surface area (Å²) in [5.74, 6) is -2.59. The first kappa shape index (κ1) is 16.4. The highest BCUT2D eigenvalue weighted by molar-refractivity contribution is 5.95. The van der Waals surface area contributed by atoms with Gasteiger partial charge in [-0.1, -0.05) is 13.8 Å². The lowest BCUT2D eigenvalue weighted by Gasteiger charge is -2.25. The van der Waals surface area contributed by atoms with Crippen molar-refractivity contribution in [1.29, 1.82) is 0 Å². The molecule has 1 atom stereocenters. The first-order valence-electron chi connectivity index (χ1n) is 6.43. The highest BCUT2D eigenvalue weighted by atomic mass is 19.1. The van der Waals surface area contributed by atoms with Crippen LogP contribution in [0.4, 0.5) is 14.5 Å². The molecular weight excluding hydrogens is 264 g/mol. The molecule has 0 aliphatic rings. The SMILES string of the molecule is CC(C)C(CN(C)C)NC(=O)c1c(F)ccc(N)c1F. The molecule has 1 rings (SSSR count). The predicted octanol–water partition coefficient (Wildman–Crippen LogP) is 1.86. The van der Waals surface area contributed by atoms with Crippen LogP contribution in [0.1, 0.15) is 24.2 Å². The van der Waals surface area contributed by atoms with Crippen LogP contribution in [0.5, 0.6) is 0 Å². The van der Waals surface area contributed by atoms with Crippen molar-refractivity contribution in [3.05, 3.63) is 29.3 Å². The van der Waals surface area contributed by atoms with Crippen LogP contribution in [-0.2, 0) is 0 Å². The Kier molecular flexibility index (Phi) is 5.44. The van der Waals surface area contributed by atoms with E-state index in [9.17, 15) is 13.6 Å². The lowest BCUT2D eigenvalue weighted by atomic mass is 10.0. The van der Waals surface area contributed by atoms with Crippen LogP contribution in [0.2, 0.25) is 0 Å². The molecule has 0 radical (unpaired) electrons. The molecule has 112 valence electrons. The molecule has 6 heteroatoms. The maximum Gasteiger partial charge on any atom is 0.257 e. The average molecular weight is 285 g/mol. The van der Waals surface area contributed by atoms with Gasteiger partial charge in [-0.2, -0.15) is 0 Å². The van der Waals surface area contributed by atoms with Crippen LogP contribution in [0.15, 0.2) is 12.1 Å². The molecule has 0 saturated carbocycles. The van der Waals surface area contributed by atoms with Crippen LogP contribution >= 0.6 is 0 Å². The smallest absolute Gasteiger partial charge is 0.257 e. The Labute approximate surface area is 117 Å². The number of carbonyl (C=O) groups excluding carboxylic acids is 1. The second-order valence-electron chi connectivity index (χ2n) is 5.41. The fourth-order valence-electron chi connectivity index (χ4n) is 1.83. The maximum absolute atomic E-state index is 13.8. The van der Waals surface area contributed by atoms with E-state index >= 15 is 0 Å². The maximum atomic E-state index is 13.8. The van der Waals surface area contributed by atoms with Crippen molar-refractivity contribution in [2.75, 3.05) is 26.4 Å². The van der Waals surface area contributed by atoms with Gasteiger partial charge in [0, 0.05) is 12.6 Å². The number of nitrogens with two attached hydrogens (primary N) is 1. The number of nitrogens with one attached hydrogen (secondary N) is 1. The minimum Gasteiger partial charge on any atom is -0.396 e. The molecule has 0 fully saturated rings. The van der Waals surface area contributed by atoms with Gasteiger partial charge in [0.25, 0.3) is 5.91 Å². The Bertz CT molecular complexity index is 490. The zero-order chi connectivity index (χ0) is 15.4. The van der Waals surface area contributed by atoms with Gasteiger partial charge in [-0.3, -0.25) is 4.79 Å². The summed E-state index contributed by atoms with van der Waals surface area (Å²) < 4.78 is 27.4. The van der Waals surface area contributed by atoms with E-state index in [0.29, 0.717) is 6.54 Å². The standard InChI is InChI=1S/C14H21F2N3O/c1-8(2)11(7-19(3)4)18-14(20)12-9(15)5-6-10(17)13(12)16/h5-6,8,11H,7,17H2,1-4H3,(H,18,20). The zero-order valence-electron chi connectivity index (χ0n) is 12.2. The third-order valence-corrected chi connectivity index (χ3v) is 3.03. The van der Waals surface area contributed by atoms with E-state index in [4.69, 9.17) is 5.73 Å². The van der Waals surface area contributed by atoms with Gasteiger partial charge in [0.15, 0.2) is 5.82 Å². The molecular formula is C14H21F2N3O. The normalized spacial score (nSPS) is 12.8. The molecule has 1 unspecified atom stereocenters. The van der Waals surface area contributed by atoms with Gasteiger partial charge in [0.05, 0.1) is 5.69 Å².